The molecule has 5 unspecified atom stereocenters. The summed E-state index contributed by atoms with van der Waals surface area (Å²) in [5.74, 6) is 5.71. The molecular weight excluding hydrogens is 477 g/mol. The lowest BCUT2D eigenvalue weighted by Crippen LogP contribution is -2.55. The molecule has 0 radical (unpaired) electrons. The Hall–Kier alpha value is -0.396. The molecule has 4 aliphatic carbocycles. The fraction of sp³-hybridized carbons (Fsp3) is 0.903. The number of ketones is 1. The van der Waals surface area contributed by atoms with E-state index in [1.807, 2.05) is 0 Å². The van der Waals surface area contributed by atoms with Gasteiger partial charge in [-0.3, -0.25) is 0 Å². The van der Waals surface area contributed by atoms with Crippen LogP contribution in [0.15, 0.2) is 11.8 Å². The maximum Gasteiger partial charge on any atom is 0.241 e. The average Bonchev–Trinajstić information content (AvgIpc) is 3.08. The van der Waals surface area contributed by atoms with Crippen LogP contribution in [0.25, 0.3) is 0 Å². The summed E-state index contributed by atoms with van der Waals surface area (Å²) in [6.07, 6.45) is 13.9. The maximum atomic E-state index is 11.7. The third-order valence-electron chi connectivity index (χ3n) is 10.8. The van der Waals surface area contributed by atoms with Crippen LogP contribution in [0.4, 0.5) is 0 Å². The first-order valence-electron chi connectivity index (χ1n) is 15.1. The normalized spacial score (nSPS) is 41.6. The average molecular weight is 533 g/mol. The first-order valence-corrected chi connectivity index (χ1v) is 21.9. The molecule has 0 saturated heterocycles. The number of Topliss-reactive ketones (excluding diaryl/α,β-unsaturated/α-hetero) is 1. The van der Waals surface area contributed by atoms with Gasteiger partial charge in [-0.25, -0.2) is 0 Å². The topological polar surface area (TPSA) is 35.5 Å². The number of rotatable bonds is 8. The molecule has 0 aliphatic heterocycles. The van der Waals surface area contributed by atoms with Crippen molar-refractivity contribution in [3.63, 3.8) is 0 Å². The Morgan fingerprint density at radius 1 is 0.972 bits per heavy atom. The zero-order chi connectivity index (χ0) is 26.7. The van der Waals surface area contributed by atoms with E-state index in [1.54, 1.807) is 6.92 Å². The summed E-state index contributed by atoms with van der Waals surface area (Å²) < 4.78 is 13.7. The molecule has 0 aromatic rings. The molecule has 36 heavy (non-hydrogen) atoms. The molecule has 3 nitrogen and oxygen atoms in total. The summed E-state index contributed by atoms with van der Waals surface area (Å²) in [4.78, 5) is 11.7. The van der Waals surface area contributed by atoms with Crippen LogP contribution in [0.1, 0.15) is 85.5 Å². The maximum absolute atomic E-state index is 11.7. The van der Waals surface area contributed by atoms with Crippen molar-refractivity contribution in [1.29, 1.82) is 0 Å². The molecule has 0 aromatic carbocycles. The summed E-state index contributed by atoms with van der Waals surface area (Å²) in [5, 5.41) is 0. The van der Waals surface area contributed by atoms with E-state index in [1.165, 1.54) is 50.7 Å². The Labute approximate surface area is 224 Å². The first-order chi connectivity index (χ1) is 16.5. The van der Waals surface area contributed by atoms with Crippen molar-refractivity contribution in [2.45, 2.75) is 131 Å². The zero-order valence-electron chi connectivity index (χ0n) is 25.2. The Kier molecular flexibility index (Phi) is 7.92. The van der Waals surface area contributed by atoms with E-state index >= 15 is 0 Å². The van der Waals surface area contributed by atoms with Crippen molar-refractivity contribution in [2.24, 2.45) is 46.3 Å². The van der Waals surface area contributed by atoms with Gasteiger partial charge in [-0.05, 0) is 144 Å². The molecule has 0 bridgehead atoms. The molecule has 0 amide bonds. The third-order valence-corrected chi connectivity index (χ3v) is 12.7. The van der Waals surface area contributed by atoms with Crippen molar-refractivity contribution in [3.05, 3.63) is 11.8 Å². The first kappa shape index (κ1) is 28.6. The van der Waals surface area contributed by atoms with Gasteiger partial charge in [-0.15, -0.1) is 0 Å². The number of allylic oxidation sites excluding steroid dienone is 2. The molecule has 5 heteroatoms. The number of fused-ring (bicyclic) bond motifs is 5. The van der Waals surface area contributed by atoms with Crippen molar-refractivity contribution < 1.29 is 13.6 Å². The van der Waals surface area contributed by atoms with E-state index < -0.39 is 16.6 Å². The predicted octanol–water partition coefficient (Wildman–Crippen LogP) is 8.83. The standard InChI is InChI=1S/C31H56O3Si2/c1-21(11-12-22(2)32)25-13-14-26-29-27(16-18-31(25,26)4)30(3)17-15-24(33-35(5,6)7)19-23(30)20-28(29)34-36(8,9)10/h20-21,23-27,29H,11-19H2,1-10H3/t21-,23?,24-,25?,26?,27?,29?,30+,31-/m1/s1. The van der Waals surface area contributed by atoms with Gasteiger partial charge in [0.2, 0.25) is 8.32 Å². The summed E-state index contributed by atoms with van der Waals surface area (Å²) in [5.41, 5.74) is 0.747. The Morgan fingerprint density at radius 3 is 2.22 bits per heavy atom. The number of hydrogen-bond acceptors (Lipinski definition) is 3. The molecule has 206 valence electrons. The van der Waals surface area contributed by atoms with Crippen LogP contribution in [0.5, 0.6) is 0 Å². The summed E-state index contributed by atoms with van der Waals surface area (Å²) in [6, 6.07) is 0. The lowest BCUT2D eigenvalue weighted by molar-refractivity contribution is -0.117. The quantitative estimate of drug-likeness (QED) is 0.293. The number of carbonyl (C=O) groups excluding carboxylic acids is 1. The van der Waals surface area contributed by atoms with Crippen LogP contribution in [0.3, 0.4) is 0 Å². The van der Waals surface area contributed by atoms with Crippen molar-refractivity contribution in [2.75, 3.05) is 0 Å². The summed E-state index contributed by atoms with van der Waals surface area (Å²) in [6.45, 7) is 23.5. The van der Waals surface area contributed by atoms with E-state index in [2.05, 4.69) is 66.1 Å². The van der Waals surface area contributed by atoms with Crippen LogP contribution in [-0.4, -0.2) is 28.5 Å². The number of carbonyl (C=O) groups is 1. The van der Waals surface area contributed by atoms with Gasteiger partial charge < -0.3 is 13.6 Å². The predicted molar refractivity (Wildman–Crippen MR) is 156 cm³/mol. The van der Waals surface area contributed by atoms with Crippen LogP contribution in [0, 0.1) is 46.3 Å². The lowest BCUT2D eigenvalue weighted by Gasteiger charge is -2.60. The highest BCUT2D eigenvalue weighted by Gasteiger charge is 2.62. The molecule has 3 fully saturated rings. The van der Waals surface area contributed by atoms with E-state index in [4.69, 9.17) is 8.85 Å². The smallest absolute Gasteiger partial charge is 0.241 e. The van der Waals surface area contributed by atoms with Crippen molar-refractivity contribution >= 4 is 22.4 Å². The zero-order valence-corrected chi connectivity index (χ0v) is 27.2. The Morgan fingerprint density at radius 2 is 1.61 bits per heavy atom. The fourth-order valence-corrected chi connectivity index (χ4v) is 11.4. The fourth-order valence-electron chi connectivity index (χ4n) is 9.30. The van der Waals surface area contributed by atoms with Crippen LogP contribution < -0.4 is 0 Å². The second-order valence-corrected chi connectivity index (χ2v) is 24.6. The van der Waals surface area contributed by atoms with E-state index in [0.29, 0.717) is 40.5 Å². The molecule has 3 saturated carbocycles. The molecule has 4 aliphatic rings. The van der Waals surface area contributed by atoms with E-state index in [9.17, 15) is 4.79 Å². The lowest BCUT2D eigenvalue weighted by atomic mass is 9.46. The summed E-state index contributed by atoms with van der Waals surface area (Å²) >= 11 is 0. The van der Waals surface area contributed by atoms with Crippen LogP contribution >= 0.6 is 0 Å². The second kappa shape index (κ2) is 9.97. The van der Waals surface area contributed by atoms with Gasteiger partial charge in [0.15, 0.2) is 8.32 Å². The minimum Gasteiger partial charge on any atom is -0.547 e. The molecule has 0 heterocycles. The molecule has 0 aromatic heterocycles. The van der Waals surface area contributed by atoms with Gasteiger partial charge in [0.25, 0.3) is 0 Å². The highest BCUT2D eigenvalue weighted by molar-refractivity contribution is 6.70. The van der Waals surface area contributed by atoms with Gasteiger partial charge >= 0.3 is 0 Å². The molecule has 9 atom stereocenters. The Bertz CT molecular complexity index is 855. The highest BCUT2D eigenvalue weighted by atomic mass is 28.4. The monoisotopic (exact) mass is 532 g/mol. The molecule has 0 N–H and O–H groups in total. The van der Waals surface area contributed by atoms with Gasteiger partial charge in [0, 0.05) is 18.4 Å². The van der Waals surface area contributed by atoms with Crippen LogP contribution in [-0.2, 0) is 13.6 Å². The third kappa shape index (κ3) is 5.64. The minimum atomic E-state index is -1.72. The van der Waals surface area contributed by atoms with Gasteiger partial charge in [0.05, 0.1) is 5.76 Å². The van der Waals surface area contributed by atoms with E-state index in [-0.39, 0.29) is 0 Å². The van der Waals surface area contributed by atoms with Gasteiger partial charge in [-0.2, -0.15) is 0 Å². The van der Waals surface area contributed by atoms with Crippen molar-refractivity contribution in [3.8, 4) is 0 Å². The largest absolute Gasteiger partial charge is 0.547 e. The van der Waals surface area contributed by atoms with Gasteiger partial charge in [-0.1, -0.05) is 20.8 Å². The number of hydrogen-bond donors (Lipinski definition) is 0. The van der Waals surface area contributed by atoms with Crippen molar-refractivity contribution in [1.82, 2.24) is 0 Å². The Balaban J connectivity index is 1.65. The van der Waals surface area contributed by atoms with E-state index in [0.717, 1.165) is 30.6 Å². The second-order valence-electron chi connectivity index (χ2n) is 15.7. The minimum absolute atomic E-state index is 0.346. The van der Waals surface area contributed by atoms with Crippen LogP contribution in [0.2, 0.25) is 39.3 Å². The highest BCUT2D eigenvalue weighted by Crippen LogP contribution is 2.68. The SMILES string of the molecule is CC(=O)CC[C@@H](C)C1CCC2C3C(O[Si](C)(C)C)=CC4C[C@H](O[Si](C)(C)C)CC[C@]4(C)C3CC[C@@]21C. The molecular formula is C31H56O3Si2. The molecule has 0 spiro atoms. The summed E-state index contributed by atoms with van der Waals surface area (Å²) in [7, 11) is -3.26. The van der Waals surface area contributed by atoms with Gasteiger partial charge in [0.1, 0.15) is 5.78 Å². The molecule has 4 rings (SSSR count).